The molecule has 1 heterocycles. The molecule has 1 atom stereocenters. The highest BCUT2D eigenvalue weighted by Crippen LogP contribution is 2.30. The Balaban J connectivity index is 1.76. The van der Waals surface area contributed by atoms with Gasteiger partial charge in [0.1, 0.15) is 6.04 Å². The smallest absolute Gasteiger partial charge is 0.246 e. The molecule has 1 aliphatic rings. The molecule has 1 amide bonds. The lowest BCUT2D eigenvalue weighted by molar-refractivity contribution is -0.117. The zero-order valence-corrected chi connectivity index (χ0v) is 9.89. The van der Waals surface area contributed by atoms with Crippen LogP contribution in [0.2, 0.25) is 0 Å². The molecule has 0 radical (unpaired) electrons. The van der Waals surface area contributed by atoms with E-state index >= 15 is 0 Å². The average Bonchev–Trinajstić information content (AvgIpc) is 2.73. The van der Waals surface area contributed by atoms with Gasteiger partial charge in [-0.05, 0) is 11.6 Å². The normalized spacial score (nSPS) is 17.3. The Bertz CT molecular complexity index is 566. The minimum atomic E-state index is -0.249. The van der Waals surface area contributed by atoms with Gasteiger partial charge < -0.3 is 5.32 Å². The van der Waals surface area contributed by atoms with Crippen LogP contribution in [0.1, 0.15) is 17.2 Å². The van der Waals surface area contributed by atoms with Crippen molar-refractivity contribution >= 4 is 11.6 Å². The lowest BCUT2D eigenvalue weighted by Crippen LogP contribution is -2.27. The molecule has 3 heteroatoms. The van der Waals surface area contributed by atoms with Gasteiger partial charge in [-0.2, -0.15) is 0 Å². The summed E-state index contributed by atoms with van der Waals surface area (Å²) >= 11 is 0. The van der Waals surface area contributed by atoms with Crippen LogP contribution in [-0.4, -0.2) is 5.91 Å². The van der Waals surface area contributed by atoms with Gasteiger partial charge in [0.05, 0.1) is 0 Å². The summed E-state index contributed by atoms with van der Waals surface area (Å²) in [6.45, 7) is 0.688. The molecule has 2 N–H and O–H groups in total. The number of rotatable bonds is 3. The highest BCUT2D eigenvalue weighted by Gasteiger charge is 2.29. The second-order valence-electron chi connectivity index (χ2n) is 4.38. The molecule has 18 heavy (non-hydrogen) atoms. The van der Waals surface area contributed by atoms with Gasteiger partial charge in [-0.3, -0.25) is 10.1 Å². The molecule has 1 unspecified atom stereocenters. The van der Waals surface area contributed by atoms with Gasteiger partial charge in [0.25, 0.3) is 0 Å². The Hall–Kier alpha value is -2.13. The third kappa shape index (κ3) is 2.00. The molecule has 3 rings (SSSR count). The van der Waals surface area contributed by atoms with Crippen molar-refractivity contribution in [2.75, 3.05) is 5.32 Å². The Morgan fingerprint density at radius 1 is 1.00 bits per heavy atom. The van der Waals surface area contributed by atoms with E-state index in [1.165, 1.54) is 5.56 Å². The lowest BCUT2D eigenvalue weighted by Gasteiger charge is -2.11. The van der Waals surface area contributed by atoms with Crippen molar-refractivity contribution in [3.8, 4) is 0 Å². The largest absolute Gasteiger partial charge is 0.324 e. The van der Waals surface area contributed by atoms with Crippen LogP contribution in [0.3, 0.4) is 0 Å². The first-order valence-electron chi connectivity index (χ1n) is 6.02. The molecule has 1 aliphatic heterocycles. The van der Waals surface area contributed by atoms with Crippen LogP contribution in [-0.2, 0) is 11.3 Å². The molecule has 90 valence electrons. The van der Waals surface area contributed by atoms with E-state index in [-0.39, 0.29) is 11.9 Å². The molecule has 2 aromatic rings. The molecule has 3 nitrogen and oxygen atoms in total. The summed E-state index contributed by atoms with van der Waals surface area (Å²) in [5, 5.41) is 6.17. The van der Waals surface area contributed by atoms with E-state index in [0.29, 0.717) is 6.54 Å². The molecular formula is C15H14N2O. The molecule has 0 aliphatic carbocycles. The van der Waals surface area contributed by atoms with Crippen LogP contribution in [0.5, 0.6) is 0 Å². The van der Waals surface area contributed by atoms with Crippen molar-refractivity contribution in [2.24, 2.45) is 0 Å². The molecule has 0 fully saturated rings. The van der Waals surface area contributed by atoms with Gasteiger partial charge in [-0.15, -0.1) is 0 Å². The summed E-state index contributed by atoms with van der Waals surface area (Å²) in [6.07, 6.45) is 0. The van der Waals surface area contributed by atoms with Crippen LogP contribution in [0, 0.1) is 0 Å². The molecule has 0 saturated carbocycles. The fourth-order valence-electron chi connectivity index (χ4n) is 2.23. The maximum absolute atomic E-state index is 11.9. The van der Waals surface area contributed by atoms with E-state index in [0.717, 1.165) is 11.3 Å². The Morgan fingerprint density at radius 3 is 2.56 bits per heavy atom. The van der Waals surface area contributed by atoms with Crippen LogP contribution >= 0.6 is 0 Å². The summed E-state index contributed by atoms with van der Waals surface area (Å²) in [7, 11) is 0. The first kappa shape index (κ1) is 11.0. The van der Waals surface area contributed by atoms with Crippen LogP contribution in [0.4, 0.5) is 5.69 Å². The zero-order chi connectivity index (χ0) is 12.4. The second-order valence-corrected chi connectivity index (χ2v) is 4.38. The van der Waals surface area contributed by atoms with Crippen molar-refractivity contribution in [3.63, 3.8) is 0 Å². The molecule has 0 bridgehead atoms. The summed E-state index contributed by atoms with van der Waals surface area (Å²) in [5.74, 6) is 0.0205. The molecular weight excluding hydrogens is 224 g/mol. The third-order valence-corrected chi connectivity index (χ3v) is 3.14. The molecule has 2 aromatic carbocycles. The number of amides is 1. The average molecular weight is 238 g/mol. The number of hydrogen-bond acceptors (Lipinski definition) is 2. The first-order chi connectivity index (χ1) is 8.84. The second kappa shape index (κ2) is 4.63. The highest BCUT2D eigenvalue weighted by molar-refractivity contribution is 6.02. The van der Waals surface area contributed by atoms with Crippen molar-refractivity contribution in [3.05, 3.63) is 65.7 Å². The number of anilines is 1. The molecule has 0 spiro atoms. The first-order valence-corrected chi connectivity index (χ1v) is 6.02. The predicted octanol–water partition coefficient (Wildman–Crippen LogP) is 2.47. The van der Waals surface area contributed by atoms with Crippen LogP contribution in [0.25, 0.3) is 0 Å². The quantitative estimate of drug-likeness (QED) is 0.862. The topological polar surface area (TPSA) is 41.1 Å². The fourth-order valence-corrected chi connectivity index (χ4v) is 2.23. The number of carbonyl (C=O) groups is 1. The van der Waals surface area contributed by atoms with Gasteiger partial charge in [0.2, 0.25) is 5.91 Å². The predicted molar refractivity (Wildman–Crippen MR) is 71.1 cm³/mol. The van der Waals surface area contributed by atoms with E-state index in [1.807, 2.05) is 54.6 Å². The van der Waals surface area contributed by atoms with Crippen LogP contribution in [0.15, 0.2) is 54.6 Å². The van der Waals surface area contributed by atoms with Gasteiger partial charge in [0, 0.05) is 17.8 Å². The van der Waals surface area contributed by atoms with Gasteiger partial charge in [-0.1, -0.05) is 48.5 Å². The molecule has 0 saturated heterocycles. The lowest BCUT2D eigenvalue weighted by atomic mass is 10.1. The summed E-state index contributed by atoms with van der Waals surface area (Å²) in [5.41, 5.74) is 3.11. The van der Waals surface area contributed by atoms with E-state index in [9.17, 15) is 4.79 Å². The Morgan fingerprint density at radius 2 is 1.72 bits per heavy atom. The number of fused-ring (bicyclic) bond motifs is 1. The molecule has 0 aromatic heterocycles. The van der Waals surface area contributed by atoms with E-state index < -0.39 is 0 Å². The van der Waals surface area contributed by atoms with Crippen molar-refractivity contribution < 1.29 is 4.79 Å². The van der Waals surface area contributed by atoms with E-state index in [1.54, 1.807) is 0 Å². The minimum Gasteiger partial charge on any atom is -0.324 e. The van der Waals surface area contributed by atoms with Crippen molar-refractivity contribution in [1.82, 2.24) is 5.32 Å². The standard InChI is InChI=1S/C15H14N2O/c18-15-14(12-8-4-5-9-13(12)17-15)16-10-11-6-2-1-3-7-11/h1-9,14,16H,10H2,(H,17,18). The highest BCUT2D eigenvalue weighted by atomic mass is 16.2. The zero-order valence-electron chi connectivity index (χ0n) is 9.89. The minimum absolute atomic E-state index is 0.0205. The van der Waals surface area contributed by atoms with Gasteiger partial charge >= 0.3 is 0 Å². The summed E-state index contributed by atoms with van der Waals surface area (Å²) < 4.78 is 0. The van der Waals surface area contributed by atoms with Gasteiger partial charge in [-0.25, -0.2) is 0 Å². The Kier molecular flexibility index (Phi) is 2.82. The van der Waals surface area contributed by atoms with Crippen molar-refractivity contribution in [1.29, 1.82) is 0 Å². The third-order valence-electron chi connectivity index (χ3n) is 3.14. The number of carbonyl (C=O) groups excluding carboxylic acids is 1. The van der Waals surface area contributed by atoms with E-state index in [2.05, 4.69) is 10.6 Å². The van der Waals surface area contributed by atoms with E-state index in [4.69, 9.17) is 0 Å². The summed E-state index contributed by atoms with van der Waals surface area (Å²) in [4.78, 5) is 11.9. The maximum atomic E-state index is 11.9. The monoisotopic (exact) mass is 238 g/mol. The number of para-hydroxylation sites is 1. The number of nitrogens with one attached hydrogen (secondary N) is 2. The summed E-state index contributed by atoms with van der Waals surface area (Å²) in [6, 6.07) is 17.6. The van der Waals surface area contributed by atoms with Crippen molar-refractivity contribution in [2.45, 2.75) is 12.6 Å². The number of benzene rings is 2. The Labute approximate surface area is 106 Å². The SMILES string of the molecule is O=C1Nc2ccccc2C1NCc1ccccc1. The fraction of sp³-hybridized carbons (Fsp3) is 0.133. The van der Waals surface area contributed by atoms with Gasteiger partial charge in [0.15, 0.2) is 0 Å². The maximum Gasteiger partial charge on any atom is 0.246 e. The van der Waals surface area contributed by atoms with Crippen LogP contribution < -0.4 is 10.6 Å². The number of hydrogen-bond donors (Lipinski definition) is 2.